The molecule has 20 heavy (non-hydrogen) atoms. The maximum atomic E-state index is 9.87. The Bertz CT molecular complexity index is 606. The van der Waals surface area contributed by atoms with Crippen molar-refractivity contribution in [1.82, 2.24) is 0 Å². The van der Waals surface area contributed by atoms with Crippen LogP contribution in [-0.2, 0) is 5.54 Å². The molecule has 2 nitrogen and oxygen atoms in total. The van der Waals surface area contributed by atoms with Gasteiger partial charge in [0.1, 0.15) is 0 Å². The lowest BCUT2D eigenvalue weighted by molar-refractivity contribution is 0.224. The fraction of sp³-hybridized carbons (Fsp3) is 0.333. The zero-order valence-corrected chi connectivity index (χ0v) is 12.7. The minimum atomic E-state index is -0.480. The van der Waals surface area contributed by atoms with Crippen molar-refractivity contribution in [3.63, 3.8) is 0 Å². The summed E-state index contributed by atoms with van der Waals surface area (Å²) in [4.78, 5) is 0. The molecule has 0 fully saturated rings. The average molecular weight is 269 g/mol. The Morgan fingerprint density at radius 3 is 2.35 bits per heavy atom. The predicted octanol–water partition coefficient (Wildman–Crippen LogP) is 3.93. The maximum Gasteiger partial charge on any atom is 0.0828 e. The summed E-state index contributed by atoms with van der Waals surface area (Å²) in [6.45, 7) is 8.34. The Morgan fingerprint density at radius 1 is 1.00 bits per heavy atom. The molecule has 2 heteroatoms. The highest BCUT2D eigenvalue weighted by molar-refractivity contribution is 5.50. The van der Waals surface area contributed by atoms with Crippen molar-refractivity contribution in [2.24, 2.45) is 0 Å². The molecule has 0 heterocycles. The van der Waals surface area contributed by atoms with E-state index in [0.717, 1.165) is 11.3 Å². The van der Waals surface area contributed by atoms with Crippen molar-refractivity contribution in [3.05, 3.63) is 64.7 Å². The van der Waals surface area contributed by atoms with E-state index in [9.17, 15) is 5.11 Å². The Labute approximate surface area is 121 Å². The summed E-state index contributed by atoms with van der Waals surface area (Å²) < 4.78 is 0. The number of nitrogens with one attached hydrogen (secondary N) is 1. The Morgan fingerprint density at radius 2 is 1.75 bits per heavy atom. The molecule has 0 bridgehead atoms. The van der Waals surface area contributed by atoms with Crippen LogP contribution in [0.4, 0.5) is 5.69 Å². The highest BCUT2D eigenvalue weighted by Gasteiger charge is 2.25. The van der Waals surface area contributed by atoms with E-state index in [1.165, 1.54) is 16.7 Å². The largest absolute Gasteiger partial charge is 0.394 e. The van der Waals surface area contributed by atoms with Crippen LogP contribution in [0.5, 0.6) is 0 Å². The molecule has 0 aliphatic rings. The summed E-state index contributed by atoms with van der Waals surface area (Å²) in [6.07, 6.45) is 0. The number of anilines is 1. The van der Waals surface area contributed by atoms with E-state index in [2.05, 4.69) is 56.4 Å². The summed E-state index contributed by atoms with van der Waals surface area (Å²) >= 11 is 0. The first kappa shape index (κ1) is 14.6. The summed E-state index contributed by atoms with van der Waals surface area (Å²) in [5, 5.41) is 13.3. The second-order valence-corrected chi connectivity index (χ2v) is 5.78. The lowest BCUT2D eigenvalue weighted by Gasteiger charge is -2.31. The molecule has 0 radical (unpaired) electrons. The number of rotatable bonds is 4. The first-order valence-electron chi connectivity index (χ1n) is 6.98. The van der Waals surface area contributed by atoms with Gasteiger partial charge in [0.25, 0.3) is 0 Å². The van der Waals surface area contributed by atoms with Crippen molar-refractivity contribution in [2.45, 2.75) is 33.2 Å². The quantitative estimate of drug-likeness (QED) is 0.881. The highest BCUT2D eigenvalue weighted by Crippen LogP contribution is 2.27. The number of aliphatic hydroxyl groups is 1. The van der Waals surface area contributed by atoms with Gasteiger partial charge in [-0.3, -0.25) is 0 Å². The van der Waals surface area contributed by atoms with Gasteiger partial charge in [0, 0.05) is 5.69 Å². The molecule has 2 aromatic carbocycles. The fourth-order valence-electron chi connectivity index (χ4n) is 2.33. The van der Waals surface area contributed by atoms with Gasteiger partial charge in [-0.1, -0.05) is 30.3 Å². The van der Waals surface area contributed by atoms with Crippen molar-refractivity contribution in [1.29, 1.82) is 0 Å². The lowest BCUT2D eigenvalue weighted by atomic mass is 9.90. The van der Waals surface area contributed by atoms with Crippen LogP contribution in [0.3, 0.4) is 0 Å². The SMILES string of the molecule is Cc1cccc(NC(C)(CO)c2ccc(C)c(C)c2)c1. The predicted molar refractivity (Wildman–Crippen MR) is 85.2 cm³/mol. The topological polar surface area (TPSA) is 32.3 Å². The standard InChI is InChI=1S/C18H23NO/c1-13-6-5-7-17(10-13)19-18(4,12-20)16-9-8-14(2)15(3)11-16/h5-11,19-20H,12H2,1-4H3. The van der Waals surface area contributed by atoms with Crippen molar-refractivity contribution >= 4 is 5.69 Å². The third kappa shape index (κ3) is 3.02. The molecule has 0 aliphatic carbocycles. The zero-order chi connectivity index (χ0) is 14.8. The minimum absolute atomic E-state index is 0.0451. The lowest BCUT2D eigenvalue weighted by Crippen LogP contribution is -2.36. The first-order valence-corrected chi connectivity index (χ1v) is 6.98. The summed E-state index contributed by atoms with van der Waals surface area (Å²) in [7, 11) is 0. The third-order valence-electron chi connectivity index (χ3n) is 3.90. The fourth-order valence-corrected chi connectivity index (χ4v) is 2.33. The number of hydrogen-bond acceptors (Lipinski definition) is 2. The number of benzene rings is 2. The van der Waals surface area contributed by atoms with Crippen LogP contribution in [0.25, 0.3) is 0 Å². The van der Waals surface area contributed by atoms with Crippen LogP contribution < -0.4 is 5.32 Å². The number of hydrogen-bond donors (Lipinski definition) is 2. The third-order valence-corrected chi connectivity index (χ3v) is 3.90. The molecule has 1 unspecified atom stereocenters. The van der Waals surface area contributed by atoms with Crippen LogP contribution >= 0.6 is 0 Å². The van der Waals surface area contributed by atoms with Crippen LogP contribution in [0.15, 0.2) is 42.5 Å². The zero-order valence-electron chi connectivity index (χ0n) is 12.7. The van der Waals surface area contributed by atoms with Crippen LogP contribution in [0.2, 0.25) is 0 Å². The summed E-state index contributed by atoms with van der Waals surface area (Å²) in [5.41, 5.74) is 5.37. The number of aryl methyl sites for hydroxylation is 3. The van der Waals surface area contributed by atoms with E-state index in [1.807, 2.05) is 19.1 Å². The summed E-state index contributed by atoms with van der Waals surface area (Å²) in [5.74, 6) is 0. The second kappa shape index (κ2) is 5.68. The van der Waals surface area contributed by atoms with Crippen LogP contribution in [-0.4, -0.2) is 11.7 Å². The maximum absolute atomic E-state index is 9.87. The van der Waals surface area contributed by atoms with Crippen molar-refractivity contribution < 1.29 is 5.11 Å². The van der Waals surface area contributed by atoms with Crippen molar-refractivity contribution in [2.75, 3.05) is 11.9 Å². The number of aliphatic hydroxyl groups excluding tert-OH is 1. The van der Waals surface area contributed by atoms with Gasteiger partial charge in [0.2, 0.25) is 0 Å². The Kier molecular flexibility index (Phi) is 4.15. The molecule has 106 valence electrons. The van der Waals surface area contributed by atoms with E-state index >= 15 is 0 Å². The molecule has 1 atom stereocenters. The molecule has 0 aromatic heterocycles. The molecule has 2 aromatic rings. The van der Waals surface area contributed by atoms with Crippen molar-refractivity contribution in [3.8, 4) is 0 Å². The molecular formula is C18H23NO. The van der Waals surface area contributed by atoms with Gasteiger partial charge in [-0.2, -0.15) is 0 Å². The molecular weight excluding hydrogens is 246 g/mol. The molecule has 0 spiro atoms. The Balaban J connectivity index is 2.35. The minimum Gasteiger partial charge on any atom is -0.394 e. The van der Waals surface area contributed by atoms with Crippen LogP contribution in [0.1, 0.15) is 29.2 Å². The molecule has 0 amide bonds. The second-order valence-electron chi connectivity index (χ2n) is 5.78. The molecule has 0 saturated heterocycles. The van der Waals surface area contributed by atoms with E-state index in [0.29, 0.717) is 0 Å². The highest BCUT2D eigenvalue weighted by atomic mass is 16.3. The Hall–Kier alpha value is -1.80. The van der Waals surface area contributed by atoms with Crippen LogP contribution in [0, 0.1) is 20.8 Å². The molecule has 0 aliphatic heterocycles. The normalized spacial score (nSPS) is 13.8. The van der Waals surface area contributed by atoms with Gasteiger partial charge in [0.15, 0.2) is 0 Å². The van der Waals surface area contributed by atoms with E-state index in [1.54, 1.807) is 0 Å². The van der Waals surface area contributed by atoms with Gasteiger partial charge in [0.05, 0.1) is 12.1 Å². The summed E-state index contributed by atoms with van der Waals surface area (Å²) in [6, 6.07) is 14.6. The van der Waals surface area contributed by atoms with Gasteiger partial charge in [-0.05, 0) is 62.1 Å². The first-order chi connectivity index (χ1) is 9.44. The smallest absolute Gasteiger partial charge is 0.0828 e. The van der Waals surface area contributed by atoms with E-state index in [4.69, 9.17) is 0 Å². The van der Waals surface area contributed by atoms with Gasteiger partial charge < -0.3 is 10.4 Å². The average Bonchev–Trinajstić information content (AvgIpc) is 2.41. The molecule has 0 saturated carbocycles. The van der Waals surface area contributed by atoms with Gasteiger partial charge in [-0.15, -0.1) is 0 Å². The van der Waals surface area contributed by atoms with Gasteiger partial charge in [-0.25, -0.2) is 0 Å². The monoisotopic (exact) mass is 269 g/mol. The van der Waals surface area contributed by atoms with E-state index < -0.39 is 5.54 Å². The molecule has 2 N–H and O–H groups in total. The molecule has 2 rings (SSSR count). The van der Waals surface area contributed by atoms with Gasteiger partial charge >= 0.3 is 0 Å². The van der Waals surface area contributed by atoms with E-state index in [-0.39, 0.29) is 6.61 Å².